The van der Waals surface area contributed by atoms with Gasteiger partial charge in [-0.3, -0.25) is 5.41 Å². The van der Waals surface area contributed by atoms with Gasteiger partial charge in [-0.05, 0) is 18.4 Å². The van der Waals surface area contributed by atoms with Gasteiger partial charge in [0.1, 0.15) is 0 Å². The molecule has 0 saturated carbocycles. The van der Waals surface area contributed by atoms with E-state index in [0.29, 0.717) is 19.0 Å². The molecule has 2 heterocycles. The fraction of sp³-hybridized carbons (Fsp3) is 0.412. The predicted molar refractivity (Wildman–Crippen MR) is 103 cm³/mol. The van der Waals surface area contributed by atoms with Crippen molar-refractivity contribution < 1.29 is 17.9 Å². The van der Waals surface area contributed by atoms with Crippen molar-refractivity contribution in [2.24, 2.45) is 10.7 Å². The number of ether oxygens (including phenoxy) is 2. The summed E-state index contributed by atoms with van der Waals surface area (Å²) in [5.41, 5.74) is 6.44. The summed E-state index contributed by atoms with van der Waals surface area (Å²) in [6, 6.07) is 9.93. The maximum Gasteiger partial charge on any atom is 0.361 e. The standard InChI is InChI=1S/C17H21N5O4S/c1-27(23,24)17(19)20-14(18)16-21-15(22-16)13-8-7-12(26-13)10-25-9-11-5-3-2-4-6-11/h2-6,12-13H,7-10H2,1H3,(H3,18,19,20)/p+1. The Morgan fingerprint density at radius 1 is 1.41 bits per heavy atom. The van der Waals surface area contributed by atoms with Crippen LogP contribution < -0.4 is 15.7 Å². The van der Waals surface area contributed by atoms with Crippen LogP contribution in [-0.4, -0.2) is 56.2 Å². The Balaban J connectivity index is 1.49. The van der Waals surface area contributed by atoms with Crippen molar-refractivity contribution in [3.05, 3.63) is 35.9 Å². The third-order valence-corrected chi connectivity index (χ3v) is 4.98. The zero-order chi connectivity index (χ0) is 19.4. The van der Waals surface area contributed by atoms with E-state index >= 15 is 0 Å². The minimum absolute atomic E-state index is 0.00869. The van der Waals surface area contributed by atoms with Gasteiger partial charge in [0.2, 0.25) is 20.8 Å². The summed E-state index contributed by atoms with van der Waals surface area (Å²) in [7, 11) is -3.62. The van der Waals surface area contributed by atoms with Gasteiger partial charge in [0, 0.05) is 6.26 Å². The highest BCUT2D eigenvalue weighted by atomic mass is 32.2. The third kappa shape index (κ3) is 5.01. The molecule has 0 amide bonds. The summed E-state index contributed by atoms with van der Waals surface area (Å²) < 4.78 is 38.3. The van der Waals surface area contributed by atoms with Crippen molar-refractivity contribution in [3.63, 3.8) is 0 Å². The first-order valence-corrected chi connectivity index (χ1v) is 10.3. The maximum atomic E-state index is 11.2. The lowest BCUT2D eigenvalue weighted by Gasteiger charge is -2.15. The molecule has 1 aromatic rings. The first kappa shape index (κ1) is 19.2. The highest BCUT2D eigenvalue weighted by Crippen LogP contribution is 2.21. The van der Waals surface area contributed by atoms with E-state index in [-0.39, 0.29) is 23.9 Å². The van der Waals surface area contributed by atoms with Gasteiger partial charge in [-0.15, -0.1) is 0 Å². The second kappa shape index (κ2) is 8.01. The van der Waals surface area contributed by atoms with Gasteiger partial charge in [0.15, 0.2) is 6.10 Å². The number of rotatable bonds is 6. The summed E-state index contributed by atoms with van der Waals surface area (Å²) in [5, 5.41) is 10.0. The van der Waals surface area contributed by atoms with Gasteiger partial charge in [0.05, 0.1) is 19.3 Å². The second-order valence-electron chi connectivity index (χ2n) is 6.37. The van der Waals surface area contributed by atoms with Crippen molar-refractivity contribution in [3.8, 4) is 0 Å². The van der Waals surface area contributed by atoms with Crippen LogP contribution in [0.5, 0.6) is 0 Å². The monoisotopic (exact) mass is 392 g/mol. The molecule has 27 heavy (non-hydrogen) atoms. The molecule has 0 aliphatic carbocycles. The summed E-state index contributed by atoms with van der Waals surface area (Å²) in [4.78, 5) is 3.54. The number of sulfone groups is 1. The molecule has 1 aromatic carbocycles. The smallest absolute Gasteiger partial charge is 0.361 e. The molecule has 0 aromatic heterocycles. The zero-order valence-corrected chi connectivity index (χ0v) is 15.7. The summed E-state index contributed by atoms with van der Waals surface area (Å²) >= 11 is 0. The molecular weight excluding hydrogens is 370 g/mol. The summed E-state index contributed by atoms with van der Waals surface area (Å²) in [5.74, 6) is 0.444. The zero-order valence-electron chi connectivity index (χ0n) is 14.9. The highest BCUT2D eigenvalue weighted by molar-refractivity contribution is 8.05. The van der Waals surface area contributed by atoms with Crippen molar-refractivity contribution in [2.45, 2.75) is 31.7 Å². The molecule has 2 aliphatic rings. The first-order valence-electron chi connectivity index (χ1n) is 8.46. The number of benzene rings is 1. The van der Waals surface area contributed by atoms with Gasteiger partial charge in [-0.1, -0.05) is 30.3 Å². The van der Waals surface area contributed by atoms with Crippen LogP contribution >= 0.6 is 0 Å². The predicted octanol–water partition coefficient (Wildman–Crippen LogP) is -0.445. The molecule has 0 bridgehead atoms. The molecule has 1 saturated heterocycles. The number of nitrogens with two attached hydrogens (primary N) is 1. The van der Waals surface area contributed by atoms with E-state index in [9.17, 15) is 8.42 Å². The van der Waals surface area contributed by atoms with Gasteiger partial charge in [-0.25, -0.2) is 18.4 Å². The van der Waals surface area contributed by atoms with Crippen molar-refractivity contribution in [1.82, 2.24) is 9.98 Å². The Bertz CT molecular complexity index is 920. The molecule has 144 valence electrons. The topological polar surface area (TPSA) is 141 Å². The van der Waals surface area contributed by atoms with E-state index in [1.165, 1.54) is 0 Å². The molecule has 2 atom stereocenters. The minimum Gasteiger partial charge on any atom is -0.374 e. The quantitative estimate of drug-likeness (QED) is 0.340. The molecule has 4 N–H and O–H groups in total. The van der Waals surface area contributed by atoms with Crippen molar-refractivity contribution >= 4 is 32.5 Å². The fourth-order valence-electron chi connectivity index (χ4n) is 2.67. The fourth-order valence-corrected chi connectivity index (χ4v) is 2.92. The lowest BCUT2D eigenvalue weighted by Crippen LogP contribution is -2.53. The molecule has 1 fully saturated rings. The summed E-state index contributed by atoms with van der Waals surface area (Å²) in [6.07, 6.45) is 2.37. The number of hydrogen-bond donors (Lipinski definition) is 3. The van der Waals surface area contributed by atoms with Crippen LogP contribution in [0.1, 0.15) is 18.4 Å². The van der Waals surface area contributed by atoms with E-state index in [1.54, 1.807) is 0 Å². The van der Waals surface area contributed by atoms with Crippen LogP contribution in [0.15, 0.2) is 35.3 Å². The lowest BCUT2D eigenvalue weighted by molar-refractivity contribution is -0.00296. The van der Waals surface area contributed by atoms with Crippen molar-refractivity contribution in [2.75, 3.05) is 12.9 Å². The van der Waals surface area contributed by atoms with Crippen LogP contribution in [-0.2, 0) is 25.9 Å². The van der Waals surface area contributed by atoms with Crippen LogP contribution in [0.25, 0.3) is 0 Å². The molecule has 0 spiro atoms. The molecule has 10 heteroatoms. The average molecular weight is 392 g/mol. The number of hydrogen-bond acceptors (Lipinski definition) is 6. The summed E-state index contributed by atoms with van der Waals surface area (Å²) in [6.45, 7) is 1.04. The van der Waals surface area contributed by atoms with E-state index in [4.69, 9.17) is 20.6 Å². The highest BCUT2D eigenvalue weighted by Gasteiger charge is 2.39. The number of nitrogens with one attached hydrogen (secondary N) is 2. The SMILES string of the molecule is CS(=O)(=O)C(N)=NC(=N)C1=[N+]=C(C2CCC(COCc3ccccc3)O2)N1. The number of amidine groups is 4. The van der Waals surface area contributed by atoms with E-state index in [1.807, 2.05) is 30.3 Å². The third-order valence-electron chi connectivity index (χ3n) is 4.13. The Hall–Kier alpha value is -2.52. The molecule has 2 aliphatic heterocycles. The minimum atomic E-state index is -3.62. The van der Waals surface area contributed by atoms with Gasteiger partial charge >= 0.3 is 11.7 Å². The van der Waals surface area contributed by atoms with Crippen molar-refractivity contribution in [1.29, 1.82) is 5.41 Å². The molecular formula is C17H22N5O4S+. The van der Waals surface area contributed by atoms with E-state index in [2.05, 4.69) is 15.0 Å². The number of aliphatic imine (C=N–C) groups is 1. The number of nitrogens with zero attached hydrogens (tertiary/aromatic N) is 2. The molecule has 3 rings (SSSR count). The molecule has 9 nitrogen and oxygen atoms in total. The molecule has 2 unspecified atom stereocenters. The van der Waals surface area contributed by atoms with E-state index < -0.39 is 15.0 Å². The van der Waals surface area contributed by atoms with Gasteiger partial charge < -0.3 is 15.2 Å². The maximum absolute atomic E-state index is 11.2. The van der Waals surface area contributed by atoms with Crippen LogP contribution in [0, 0.1) is 5.41 Å². The lowest BCUT2D eigenvalue weighted by atomic mass is 10.1. The first-order chi connectivity index (χ1) is 12.8. The largest absolute Gasteiger partial charge is 0.374 e. The van der Waals surface area contributed by atoms with Crippen LogP contribution in [0.2, 0.25) is 0 Å². The van der Waals surface area contributed by atoms with Gasteiger partial charge in [-0.2, -0.15) is 4.99 Å². The Morgan fingerprint density at radius 3 is 2.78 bits per heavy atom. The Labute approximate surface area is 157 Å². The molecule has 0 radical (unpaired) electrons. The Morgan fingerprint density at radius 2 is 2.11 bits per heavy atom. The Kier molecular flexibility index (Phi) is 5.71. The van der Waals surface area contributed by atoms with Gasteiger partial charge in [0.25, 0.3) is 0 Å². The average Bonchev–Trinajstić information content (AvgIpc) is 3.02. The van der Waals surface area contributed by atoms with Crippen LogP contribution in [0.3, 0.4) is 0 Å². The van der Waals surface area contributed by atoms with E-state index in [0.717, 1.165) is 24.7 Å². The second-order valence-corrected chi connectivity index (χ2v) is 8.33. The van der Waals surface area contributed by atoms with Crippen LogP contribution in [0.4, 0.5) is 0 Å². The normalized spacial score (nSPS) is 22.5.